The first-order valence-electron chi connectivity index (χ1n) is 4.43. The molecule has 1 heterocycles. The minimum absolute atomic E-state index is 0.109. The Bertz CT molecular complexity index is 263. The Labute approximate surface area is 84.4 Å². The van der Waals surface area contributed by atoms with Gasteiger partial charge in [-0.3, -0.25) is 0 Å². The van der Waals surface area contributed by atoms with E-state index in [0.717, 1.165) is 18.6 Å². The summed E-state index contributed by atoms with van der Waals surface area (Å²) >= 11 is 1.75. The number of rotatable bonds is 4. The zero-order valence-electron chi connectivity index (χ0n) is 7.95. The van der Waals surface area contributed by atoms with E-state index >= 15 is 0 Å². The van der Waals surface area contributed by atoms with Crippen LogP contribution in [0.1, 0.15) is 12.8 Å². The quantitative estimate of drug-likeness (QED) is 0.754. The van der Waals surface area contributed by atoms with Crippen molar-refractivity contribution in [3.8, 4) is 0 Å². The number of hydrogen-bond donors (Lipinski definition) is 1. The lowest BCUT2D eigenvalue weighted by molar-refractivity contribution is 0.337. The van der Waals surface area contributed by atoms with Crippen molar-refractivity contribution in [1.82, 2.24) is 0 Å². The highest BCUT2D eigenvalue weighted by Crippen LogP contribution is 2.35. The minimum Gasteiger partial charge on any atom is -0.330 e. The van der Waals surface area contributed by atoms with Gasteiger partial charge >= 0.3 is 0 Å². The SMILES string of the molecule is CSCCC1(CN)CCS(=O)(=O)C1. The average Bonchev–Trinajstić information content (AvgIpc) is 2.40. The predicted molar refractivity (Wildman–Crippen MR) is 57.8 cm³/mol. The molecule has 5 heteroatoms. The van der Waals surface area contributed by atoms with Crippen molar-refractivity contribution in [3.05, 3.63) is 0 Å². The van der Waals surface area contributed by atoms with Crippen molar-refractivity contribution in [1.29, 1.82) is 0 Å². The molecule has 0 amide bonds. The summed E-state index contributed by atoms with van der Waals surface area (Å²) in [7, 11) is -2.79. The molecule has 1 rings (SSSR count). The van der Waals surface area contributed by atoms with Crippen LogP contribution in [0.15, 0.2) is 0 Å². The Morgan fingerprint density at radius 3 is 2.62 bits per heavy atom. The van der Waals surface area contributed by atoms with Crippen LogP contribution in [-0.4, -0.2) is 38.5 Å². The highest BCUT2D eigenvalue weighted by Gasteiger charge is 2.40. The lowest BCUT2D eigenvalue weighted by atomic mass is 9.85. The summed E-state index contributed by atoms with van der Waals surface area (Å²) in [6.45, 7) is 0.507. The van der Waals surface area contributed by atoms with Gasteiger partial charge in [0.1, 0.15) is 0 Å². The molecule has 1 fully saturated rings. The Balaban J connectivity index is 2.63. The molecule has 0 aliphatic carbocycles. The molecule has 2 N–H and O–H groups in total. The van der Waals surface area contributed by atoms with Crippen molar-refractivity contribution >= 4 is 21.6 Å². The molecule has 1 aliphatic rings. The van der Waals surface area contributed by atoms with Crippen LogP contribution in [-0.2, 0) is 9.84 Å². The second-order valence-corrected chi connectivity index (χ2v) is 6.96. The van der Waals surface area contributed by atoms with Crippen molar-refractivity contribution < 1.29 is 8.42 Å². The number of sulfone groups is 1. The summed E-state index contributed by atoms with van der Waals surface area (Å²) < 4.78 is 22.6. The molecule has 1 aliphatic heterocycles. The normalized spacial score (nSPS) is 32.2. The van der Waals surface area contributed by atoms with Crippen molar-refractivity contribution in [2.24, 2.45) is 11.1 Å². The molecule has 0 aromatic carbocycles. The van der Waals surface area contributed by atoms with Gasteiger partial charge in [0, 0.05) is 0 Å². The van der Waals surface area contributed by atoms with Crippen LogP contribution in [0, 0.1) is 5.41 Å². The molecule has 1 saturated heterocycles. The van der Waals surface area contributed by atoms with Gasteiger partial charge in [0.05, 0.1) is 11.5 Å². The topological polar surface area (TPSA) is 60.2 Å². The average molecular weight is 223 g/mol. The van der Waals surface area contributed by atoms with E-state index in [9.17, 15) is 8.42 Å². The first-order valence-corrected chi connectivity index (χ1v) is 7.65. The Morgan fingerprint density at radius 1 is 1.54 bits per heavy atom. The number of hydrogen-bond acceptors (Lipinski definition) is 4. The summed E-state index contributed by atoms with van der Waals surface area (Å²) in [4.78, 5) is 0. The number of nitrogens with two attached hydrogens (primary N) is 1. The van der Waals surface area contributed by atoms with Crippen molar-refractivity contribution in [3.63, 3.8) is 0 Å². The molecular weight excluding hydrogens is 206 g/mol. The molecular formula is C8H17NO2S2. The largest absolute Gasteiger partial charge is 0.330 e. The monoisotopic (exact) mass is 223 g/mol. The molecule has 0 saturated carbocycles. The molecule has 3 nitrogen and oxygen atoms in total. The van der Waals surface area contributed by atoms with E-state index in [-0.39, 0.29) is 5.41 Å². The fourth-order valence-corrected chi connectivity index (χ4v) is 4.63. The maximum atomic E-state index is 11.3. The van der Waals surface area contributed by atoms with E-state index < -0.39 is 9.84 Å². The second kappa shape index (κ2) is 4.19. The zero-order chi connectivity index (χ0) is 9.95. The van der Waals surface area contributed by atoms with Gasteiger partial charge < -0.3 is 5.73 Å². The summed E-state index contributed by atoms with van der Waals surface area (Å²) in [5, 5.41) is 0. The van der Waals surface area contributed by atoms with E-state index in [4.69, 9.17) is 5.73 Å². The maximum Gasteiger partial charge on any atom is 0.150 e. The summed E-state index contributed by atoms with van der Waals surface area (Å²) in [6, 6.07) is 0. The molecule has 0 aromatic rings. The van der Waals surface area contributed by atoms with Crippen molar-refractivity contribution in [2.75, 3.05) is 30.1 Å². The van der Waals surface area contributed by atoms with Crippen LogP contribution in [0.2, 0.25) is 0 Å². The van der Waals surface area contributed by atoms with Gasteiger partial charge in [0.25, 0.3) is 0 Å². The van der Waals surface area contributed by atoms with Gasteiger partial charge in [-0.05, 0) is 36.8 Å². The molecule has 1 unspecified atom stereocenters. The van der Waals surface area contributed by atoms with Crippen LogP contribution < -0.4 is 5.73 Å². The fraction of sp³-hybridized carbons (Fsp3) is 1.00. The predicted octanol–water partition coefficient (Wildman–Crippen LogP) is 0.503. The Kier molecular flexibility index (Phi) is 3.65. The van der Waals surface area contributed by atoms with Gasteiger partial charge in [0.15, 0.2) is 9.84 Å². The zero-order valence-corrected chi connectivity index (χ0v) is 9.59. The van der Waals surface area contributed by atoms with Crippen LogP contribution >= 0.6 is 11.8 Å². The molecule has 1 atom stereocenters. The van der Waals surface area contributed by atoms with Crippen LogP contribution in [0.5, 0.6) is 0 Å². The van der Waals surface area contributed by atoms with Gasteiger partial charge in [-0.1, -0.05) is 0 Å². The highest BCUT2D eigenvalue weighted by molar-refractivity contribution is 7.98. The van der Waals surface area contributed by atoms with E-state index in [0.29, 0.717) is 18.1 Å². The van der Waals surface area contributed by atoms with Crippen LogP contribution in [0.4, 0.5) is 0 Å². The lowest BCUT2D eigenvalue weighted by Gasteiger charge is -2.24. The van der Waals surface area contributed by atoms with Crippen LogP contribution in [0.25, 0.3) is 0 Å². The van der Waals surface area contributed by atoms with Gasteiger partial charge in [-0.2, -0.15) is 11.8 Å². The number of thioether (sulfide) groups is 1. The standard InChI is InChI=1S/C8H17NO2S2/c1-12-4-2-8(6-9)3-5-13(10,11)7-8/h2-7,9H2,1H3. The van der Waals surface area contributed by atoms with E-state index in [1.807, 2.05) is 6.26 Å². The first-order chi connectivity index (χ1) is 6.04. The third-order valence-corrected chi connectivity index (χ3v) is 5.23. The highest BCUT2D eigenvalue weighted by atomic mass is 32.2. The Morgan fingerprint density at radius 2 is 2.23 bits per heavy atom. The van der Waals surface area contributed by atoms with E-state index in [1.54, 1.807) is 11.8 Å². The molecule has 0 radical (unpaired) electrons. The maximum absolute atomic E-state index is 11.3. The third-order valence-electron chi connectivity index (χ3n) is 2.74. The molecule has 13 heavy (non-hydrogen) atoms. The van der Waals surface area contributed by atoms with Gasteiger partial charge in [-0.25, -0.2) is 8.42 Å². The Hall–Kier alpha value is 0.260. The van der Waals surface area contributed by atoms with Gasteiger partial charge in [0.2, 0.25) is 0 Å². The van der Waals surface area contributed by atoms with Crippen LogP contribution in [0.3, 0.4) is 0 Å². The third kappa shape index (κ3) is 2.86. The summed E-state index contributed by atoms with van der Waals surface area (Å²) in [6.07, 6.45) is 3.73. The van der Waals surface area contributed by atoms with E-state index in [2.05, 4.69) is 0 Å². The smallest absolute Gasteiger partial charge is 0.150 e. The second-order valence-electron chi connectivity index (χ2n) is 3.79. The fourth-order valence-electron chi connectivity index (χ4n) is 1.76. The molecule has 78 valence electrons. The lowest BCUT2D eigenvalue weighted by Crippen LogP contribution is -2.32. The molecule has 0 aromatic heterocycles. The molecule has 0 spiro atoms. The van der Waals surface area contributed by atoms with Crippen molar-refractivity contribution in [2.45, 2.75) is 12.8 Å². The summed E-state index contributed by atoms with van der Waals surface area (Å²) in [5.74, 6) is 1.64. The van der Waals surface area contributed by atoms with Gasteiger partial charge in [-0.15, -0.1) is 0 Å². The first kappa shape index (κ1) is 11.3. The summed E-state index contributed by atoms with van der Waals surface area (Å²) in [5.41, 5.74) is 5.55. The van der Waals surface area contributed by atoms with E-state index in [1.165, 1.54) is 0 Å². The minimum atomic E-state index is -2.79. The molecule has 0 bridgehead atoms.